The van der Waals surface area contributed by atoms with Crippen molar-refractivity contribution in [2.45, 2.75) is 95.9 Å². The van der Waals surface area contributed by atoms with Gasteiger partial charge in [-0.2, -0.15) is 0 Å². The highest BCUT2D eigenvalue weighted by Crippen LogP contribution is 2.32. The first kappa shape index (κ1) is 37.9. The van der Waals surface area contributed by atoms with Crippen LogP contribution in [0.4, 0.5) is 0 Å². The van der Waals surface area contributed by atoms with E-state index in [1.165, 1.54) is 4.57 Å². The van der Waals surface area contributed by atoms with Gasteiger partial charge in [0.1, 0.15) is 18.2 Å². The molecule has 3 aromatic rings. The minimum atomic E-state index is -0.760. The Balaban J connectivity index is 1.01. The summed E-state index contributed by atoms with van der Waals surface area (Å²) in [6.45, 7) is 9.72. The maximum absolute atomic E-state index is 14.4. The second-order valence-corrected chi connectivity index (χ2v) is 16.3. The van der Waals surface area contributed by atoms with Crippen LogP contribution < -0.4 is 16.7 Å². The molecule has 14 heteroatoms. The number of hydrogen-bond donors (Lipinski definition) is 2. The highest BCUT2D eigenvalue weighted by molar-refractivity contribution is 6.00. The molecule has 5 heterocycles. The van der Waals surface area contributed by atoms with Gasteiger partial charge >= 0.3 is 5.69 Å². The standard InChI is InChI=1S/C40H53N7O7/c1-40(2,3)35(41)38(51)46-19-16-31(34(46)37(50)45-20-21-53-32(24-45)26-8-6-5-7-9-26)54-27-14-17-44(18-15-27)23-25-10-11-28-30(22-25)43(4)39(52)47(28)29-12-13-33(48)42-36(29)49/h5-11,22,27,29,31-32,34-35H,12-21,23-24,41H2,1-4H3,(H,42,48,49)/t29?,31-,32+,34+,35-/m1/s1. The number of fused-ring (bicyclic) bond motifs is 1. The maximum atomic E-state index is 14.4. The van der Waals surface area contributed by atoms with Gasteiger partial charge in [-0.25, -0.2) is 4.79 Å². The number of benzene rings is 2. The fourth-order valence-electron chi connectivity index (χ4n) is 8.35. The number of aromatic nitrogens is 2. The number of hydrogen-bond acceptors (Lipinski definition) is 9. The third kappa shape index (κ3) is 7.61. The molecule has 54 heavy (non-hydrogen) atoms. The highest BCUT2D eigenvalue weighted by Gasteiger charge is 2.48. The lowest BCUT2D eigenvalue weighted by Crippen LogP contribution is -2.59. The number of likely N-dealkylation sites (tertiary alicyclic amines) is 2. The summed E-state index contributed by atoms with van der Waals surface area (Å²) in [5.74, 6) is -1.11. The summed E-state index contributed by atoms with van der Waals surface area (Å²) in [5.41, 5.74) is 9.18. The molecule has 0 spiro atoms. The molecule has 0 saturated carbocycles. The SMILES string of the molecule is Cn1c(=O)n(C2CCC(=O)NC2=O)c2ccc(CN3CCC(O[C@@H]4CCN(C(=O)[C@@H](N)C(C)(C)C)[C@@H]4C(=O)N4CCO[C@H](c5ccccc5)C4)CC3)cc21. The second-order valence-electron chi connectivity index (χ2n) is 16.3. The van der Waals surface area contributed by atoms with E-state index in [9.17, 15) is 24.0 Å². The van der Waals surface area contributed by atoms with E-state index in [1.807, 2.05) is 74.2 Å². The van der Waals surface area contributed by atoms with E-state index >= 15 is 0 Å². The molecule has 3 N–H and O–H groups in total. The van der Waals surface area contributed by atoms with E-state index in [0.717, 1.165) is 42.6 Å². The smallest absolute Gasteiger partial charge is 0.329 e. The number of carbonyl (C=O) groups excluding carboxylic acids is 4. The predicted molar refractivity (Wildman–Crippen MR) is 201 cm³/mol. The number of nitrogens with zero attached hydrogens (tertiary/aromatic N) is 5. The van der Waals surface area contributed by atoms with Crippen LogP contribution in [-0.2, 0) is 42.2 Å². The van der Waals surface area contributed by atoms with Gasteiger partial charge in [0, 0.05) is 46.2 Å². The van der Waals surface area contributed by atoms with E-state index in [-0.39, 0.29) is 42.0 Å². The molecule has 0 radical (unpaired) electrons. The van der Waals surface area contributed by atoms with Crippen LogP contribution in [0.15, 0.2) is 53.3 Å². The molecule has 2 aromatic carbocycles. The van der Waals surface area contributed by atoms with Crippen molar-refractivity contribution in [3.8, 4) is 0 Å². The van der Waals surface area contributed by atoms with Crippen LogP contribution in [0.3, 0.4) is 0 Å². The Bertz CT molecular complexity index is 1940. The summed E-state index contributed by atoms with van der Waals surface area (Å²) in [4.78, 5) is 71.7. The van der Waals surface area contributed by atoms with Crippen molar-refractivity contribution in [1.82, 2.24) is 29.2 Å². The molecule has 4 saturated heterocycles. The zero-order valence-corrected chi connectivity index (χ0v) is 31.7. The Labute approximate surface area is 315 Å². The van der Waals surface area contributed by atoms with Crippen molar-refractivity contribution >= 4 is 34.7 Å². The Morgan fingerprint density at radius 1 is 0.963 bits per heavy atom. The molecular weight excluding hydrogens is 690 g/mol. The molecule has 14 nitrogen and oxygen atoms in total. The number of imidazole rings is 1. The van der Waals surface area contributed by atoms with Gasteiger partial charge in [-0.3, -0.25) is 38.5 Å². The molecular formula is C40H53N7O7. The molecule has 4 aliphatic rings. The minimum Gasteiger partial charge on any atom is -0.372 e. The van der Waals surface area contributed by atoms with Crippen LogP contribution in [0.2, 0.25) is 0 Å². The lowest BCUT2D eigenvalue weighted by molar-refractivity contribution is -0.156. The molecule has 4 amide bonds. The lowest BCUT2D eigenvalue weighted by atomic mass is 9.86. The molecule has 5 atom stereocenters. The molecule has 1 unspecified atom stereocenters. The number of nitrogens with two attached hydrogens (primary N) is 1. The molecule has 290 valence electrons. The number of morpholine rings is 1. The van der Waals surface area contributed by atoms with Gasteiger partial charge in [0.05, 0.1) is 42.4 Å². The summed E-state index contributed by atoms with van der Waals surface area (Å²) in [6.07, 6.45) is 1.83. The van der Waals surface area contributed by atoms with Crippen LogP contribution in [-0.4, -0.2) is 111 Å². The van der Waals surface area contributed by atoms with Crippen molar-refractivity contribution < 1.29 is 28.7 Å². The highest BCUT2D eigenvalue weighted by atomic mass is 16.5. The second kappa shape index (κ2) is 15.4. The van der Waals surface area contributed by atoms with Gasteiger partial charge in [-0.05, 0) is 54.4 Å². The van der Waals surface area contributed by atoms with Gasteiger partial charge in [-0.15, -0.1) is 0 Å². The Morgan fingerprint density at radius 2 is 1.70 bits per heavy atom. The fraction of sp³-hybridized carbons (Fsp3) is 0.575. The number of carbonyl (C=O) groups is 4. The monoisotopic (exact) mass is 743 g/mol. The van der Waals surface area contributed by atoms with Crippen LogP contribution in [0.1, 0.15) is 76.1 Å². The Kier molecular flexibility index (Phi) is 10.8. The van der Waals surface area contributed by atoms with Crippen LogP contribution in [0, 0.1) is 5.41 Å². The van der Waals surface area contributed by atoms with E-state index in [1.54, 1.807) is 16.5 Å². The number of nitrogens with one attached hydrogen (secondary N) is 1. The zero-order valence-electron chi connectivity index (χ0n) is 31.7. The van der Waals surface area contributed by atoms with Crippen molar-refractivity contribution in [3.05, 3.63) is 70.1 Å². The van der Waals surface area contributed by atoms with E-state index in [0.29, 0.717) is 51.1 Å². The first-order valence-corrected chi connectivity index (χ1v) is 19.2. The third-order valence-corrected chi connectivity index (χ3v) is 11.6. The Hall–Kier alpha value is -4.37. The minimum absolute atomic E-state index is 0.0690. The molecule has 4 aliphatic heterocycles. The topological polar surface area (TPSA) is 161 Å². The molecule has 4 fully saturated rings. The molecule has 0 bridgehead atoms. The van der Waals surface area contributed by atoms with Crippen molar-refractivity contribution in [3.63, 3.8) is 0 Å². The maximum Gasteiger partial charge on any atom is 0.329 e. The number of rotatable bonds is 8. The van der Waals surface area contributed by atoms with Crippen LogP contribution >= 0.6 is 0 Å². The van der Waals surface area contributed by atoms with Crippen LogP contribution in [0.5, 0.6) is 0 Å². The summed E-state index contributed by atoms with van der Waals surface area (Å²) < 4.78 is 15.9. The Morgan fingerprint density at radius 3 is 2.41 bits per heavy atom. The predicted octanol–water partition coefficient (Wildman–Crippen LogP) is 2.24. The zero-order chi connectivity index (χ0) is 38.3. The van der Waals surface area contributed by atoms with Crippen LogP contribution in [0.25, 0.3) is 11.0 Å². The number of amides is 4. The quantitative estimate of drug-likeness (QED) is 0.330. The van der Waals surface area contributed by atoms with Crippen molar-refractivity contribution in [1.29, 1.82) is 0 Å². The van der Waals surface area contributed by atoms with Crippen molar-refractivity contribution in [2.24, 2.45) is 18.2 Å². The molecule has 1 aromatic heterocycles. The first-order chi connectivity index (χ1) is 25.8. The first-order valence-electron chi connectivity index (χ1n) is 19.2. The summed E-state index contributed by atoms with van der Waals surface area (Å²) in [7, 11) is 1.70. The normalized spacial score (nSPS) is 25.3. The number of aryl methyl sites for hydroxylation is 1. The van der Waals surface area contributed by atoms with E-state index < -0.39 is 35.6 Å². The largest absolute Gasteiger partial charge is 0.372 e. The van der Waals surface area contributed by atoms with Gasteiger partial charge in [0.25, 0.3) is 0 Å². The van der Waals surface area contributed by atoms with Crippen molar-refractivity contribution in [2.75, 3.05) is 39.3 Å². The third-order valence-electron chi connectivity index (χ3n) is 11.6. The van der Waals surface area contributed by atoms with Gasteiger partial charge in [0.2, 0.25) is 23.6 Å². The summed E-state index contributed by atoms with van der Waals surface area (Å²) >= 11 is 0. The average Bonchev–Trinajstić information content (AvgIpc) is 3.69. The number of ether oxygens (including phenoxy) is 2. The van der Waals surface area contributed by atoms with Gasteiger partial charge in [-0.1, -0.05) is 57.2 Å². The van der Waals surface area contributed by atoms with E-state index in [4.69, 9.17) is 15.2 Å². The average molecular weight is 744 g/mol. The number of piperidine rings is 2. The molecule has 0 aliphatic carbocycles. The van der Waals surface area contributed by atoms with Gasteiger partial charge in [0.15, 0.2) is 0 Å². The lowest BCUT2D eigenvalue weighted by Gasteiger charge is -2.40. The summed E-state index contributed by atoms with van der Waals surface area (Å²) in [6, 6.07) is 13.5. The summed E-state index contributed by atoms with van der Waals surface area (Å²) in [5, 5.41) is 2.36. The van der Waals surface area contributed by atoms with E-state index in [2.05, 4.69) is 10.2 Å². The fourth-order valence-corrected chi connectivity index (χ4v) is 8.35. The number of imide groups is 1. The molecule has 7 rings (SSSR count). The van der Waals surface area contributed by atoms with Gasteiger partial charge < -0.3 is 25.0 Å².